The lowest BCUT2D eigenvalue weighted by molar-refractivity contribution is 0.0695. The van der Waals surface area contributed by atoms with Gasteiger partial charge in [-0.1, -0.05) is 47.5 Å². The standard InChI is InChI=1S/C22H15Cl2N3O3/c1-12-2-8-15(10-16(12)21(28)29)30-22-26-19-11-17(24)18(25-20(19)27-22)9-5-13-3-6-14(23)7-4-13/h2-11H,1H3,(H,28,29)(H,25,26,27)/b9-5+. The number of pyridine rings is 1. The largest absolute Gasteiger partial charge is 0.478 e. The third-order valence-electron chi connectivity index (χ3n) is 4.39. The molecule has 150 valence electrons. The molecule has 0 aliphatic heterocycles. The number of nitrogens with zero attached hydrogens (tertiary/aromatic N) is 2. The van der Waals surface area contributed by atoms with Gasteiger partial charge in [0.25, 0.3) is 0 Å². The van der Waals surface area contributed by atoms with Gasteiger partial charge in [0.2, 0.25) is 0 Å². The quantitative estimate of drug-likeness (QED) is 0.384. The zero-order chi connectivity index (χ0) is 21.3. The second-order valence-corrected chi connectivity index (χ2v) is 7.38. The number of imidazole rings is 1. The molecule has 0 atom stereocenters. The Morgan fingerprint density at radius 2 is 1.83 bits per heavy atom. The Bertz CT molecular complexity index is 1280. The first-order valence-electron chi connectivity index (χ1n) is 8.91. The molecule has 30 heavy (non-hydrogen) atoms. The van der Waals surface area contributed by atoms with E-state index in [0.29, 0.717) is 38.2 Å². The van der Waals surface area contributed by atoms with Gasteiger partial charge in [0.1, 0.15) is 5.75 Å². The highest BCUT2D eigenvalue weighted by Gasteiger charge is 2.12. The normalized spacial score (nSPS) is 11.3. The van der Waals surface area contributed by atoms with Gasteiger partial charge < -0.3 is 14.8 Å². The summed E-state index contributed by atoms with van der Waals surface area (Å²) in [5, 5.41) is 10.4. The lowest BCUT2D eigenvalue weighted by atomic mass is 10.1. The number of nitrogens with one attached hydrogen (secondary N) is 1. The zero-order valence-corrected chi connectivity index (χ0v) is 17.2. The molecule has 2 aromatic heterocycles. The molecule has 6 nitrogen and oxygen atoms in total. The Morgan fingerprint density at radius 1 is 1.07 bits per heavy atom. The van der Waals surface area contributed by atoms with Crippen molar-refractivity contribution in [3.63, 3.8) is 0 Å². The van der Waals surface area contributed by atoms with E-state index < -0.39 is 5.97 Å². The number of carboxylic acid groups (broad SMARTS) is 1. The summed E-state index contributed by atoms with van der Waals surface area (Å²) in [6.07, 6.45) is 3.67. The summed E-state index contributed by atoms with van der Waals surface area (Å²) < 4.78 is 5.69. The molecule has 4 rings (SSSR count). The van der Waals surface area contributed by atoms with Crippen molar-refractivity contribution >= 4 is 52.5 Å². The van der Waals surface area contributed by atoms with Gasteiger partial charge in [0.05, 0.1) is 21.8 Å². The molecule has 0 saturated heterocycles. The predicted octanol–water partition coefficient (Wildman–Crippen LogP) is 6.23. The highest BCUT2D eigenvalue weighted by atomic mass is 35.5. The molecule has 0 saturated carbocycles. The topological polar surface area (TPSA) is 88.1 Å². The van der Waals surface area contributed by atoms with Crippen molar-refractivity contribution in [3.05, 3.63) is 81.0 Å². The number of aromatic amines is 1. The number of ether oxygens (including phenoxy) is 1. The number of hydrogen-bond acceptors (Lipinski definition) is 4. The fourth-order valence-electron chi connectivity index (χ4n) is 2.83. The fraction of sp³-hybridized carbons (Fsp3) is 0.0455. The Morgan fingerprint density at radius 3 is 2.57 bits per heavy atom. The van der Waals surface area contributed by atoms with Crippen LogP contribution in [0.3, 0.4) is 0 Å². The molecule has 0 radical (unpaired) electrons. The first-order chi connectivity index (χ1) is 14.4. The maximum atomic E-state index is 11.3. The molecule has 4 aromatic rings. The average Bonchev–Trinajstić information content (AvgIpc) is 3.09. The number of benzene rings is 2. The van der Waals surface area contributed by atoms with E-state index in [2.05, 4.69) is 15.0 Å². The van der Waals surface area contributed by atoms with Crippen LogP contribution in [0, 0.1) is 6.92 Å². The summed E-state index contributed by atoms with van der Waals surface area (Å²) in [6.45, 7) is 1.72. The van der Waals surface area contributed by atoms with Crippen LogP contribution in [0.4, 0.5) is 0 Å². The van der Waals surface area contributed by atoms with Crippen LogP contribution in [-0.2, 0) is 0 Å². The number of hydrogen-bond donors (Lipinski definition) is 2. The van der Waals surface area contributed by atoms with Crippen LogP contribution in [0.5, 0.6) is 11.8 Å². The number of aromatic nitrogens is 3. The molecule has 0 bridgehead atoms. The Labute approximate surface area is 181 Å². The van der Waals surface area contributed by atoms with Gasteiger partial charge in [0, 0.05) is 5.02 Å². The monoisotopic (exact) mass is 439 g/mol. The molecule has 0 spiro atoms. The van der Waals surface area contributed by atoms with Gasteiger partial charge in [-0.15, -0.1) is 0 Å². The second kappa shape index (κ2) is 8.18. The summed E-state index contributed by atoms with van der Waals surface area (Å²) in [7, 11) is 0. The van der Waals surface area contributed by atoms with Crippen molar-refractivity contribution in [2.24, 2.45) is 0 Å². The van der Waals surface area contributed by atoms with Crippen LogP contribution in [0.2, 0.25) is 10.0 Å². The van der Waals surface area contributed by atoms with Crippen LogP contribution in [-0.4, -0.2) is 26.0 Å². The first kappa shape index (κ1) is 19.9. The molecule has 2 heterocycles. The minimum Gasteiger partial charge on any atom is -0.478 e. The van der Waals surface area contributed by atoms with E-state index in [4.69, 9.17) is 27.9 Å². The lowest BCUT2D eigenvalue weighted by Gasteiger charge is -2.05. The van der Waals surface area contributed by atoms with Crippen LogP contribution in [0.25, 0.3) is 23.3 Å². The number of aryl methyl sites for hydroxylation is 1. The summed E-state index contributed by atoms with van der Waals surface area (Å²) in [4.78, 5) is 23.1. The number of rotatable bonds is 5. The number of fused-ring (bicyclic) bond motifs is 1. The van der Waals surface area contributed by atoms with Gasteiger partial charge in [-0.25, -0.2) is 9.78 Å². The smallest absolute Gasteiger partial charge is 0.336 e. The van der Waals surface area contributed by atoms with Crippen molar-refractivity contribution in [1.82, 2.24) is 15.0 Å². The van der Waals surface area contributed by atoms with E-state index >= 15 is 0 Å². The van der Waals surface area contributed by atoms with Crippen molar-refractivity contribution in [2.75, 3.05) is 0 Å². The molecular weight excluding hydrogens is 425 g/mol. The van der Waals surface area contributed by atoms with E-state index in [0.717, 1.165) is 5.56 Å². The van der Waals surface area contributed by atoms with Crippen molar-refractivity contribution in [1.29, 1.82) is 0 Å². The van der Waals surface area contributed by atoms with Crippen LogP contribution in [0.15, 0.2) is 48.5 Å². The fourth-order valence-corrected chi connectivity index (χ4v) is 3.17. The van der Waals surface area contributed by atoms with Crippen molar-refractivity contribution < 1.29 is 14.6 Å². The Balaban J connectivity index is 1.61. The molecule has 0 unspecified atom stereocenters. The maximum absolute atomic E-state index is 11.3. The van der Waals surface area contributed by atoms with Crippen LogP contribution < -0.4 is 4.74 Å². The van der Waals surface area contributed by atoms with E-state index in [1.54, 1.807) is 43.3 Å². The van der Waals surface area contributed by atoms with Gasteiger partial charge in [0.15, 0.2) is 5.65 Å². The first-order valence-corrected chi connectivity index (χ1v) is 9.66. The minimum absolute atomic E-state index is 0.166. The molecule has 0 fully saturated rings. The van der Waals surface area contributed by atoms with Gasteiger partial charge in [-0.3, -0.25) is 0 Å². The third kappa shape index (κ3) is 4.30. The SMILES string of the molecule is Cc1ccc(Oc2nc3nc(/C=C/c4ccc(Cl)cc4)c(Cl)cc3[nH]2)cc1C(=O)O. The molecule has 2 N–H and O–H groups in total. The van der Waals surface area contributed by atoms with E-state index in [9.17, 15) is 9.90 Å². The minimum atomic E-state index is -1.02. The highest BCUT2D eigenvalue weighted by Crippen LogP contribution is 2.27. The van der Waals surface area contributed by atoms with E-state index in [1.165, 1.54) is 6.07 Å². The second-order valence-electron chi connectivity index (χ2n) is 6.54. The number of aromatic carboxylic acids is 1. The molecular formula is C22H15Cl2N3O3. The molecule has 8 heteroatoms. The summed E-state index contributed by atoms with van der Waals surface area (Å²) in [5.74, 6) is -0.667. The van der Waals surface area contributed by atoms with Gasteiger partial charge in [-0.05, 0) is 54.5 Å². The van der Waals surface area contributed by atoms with Gasteiger partial charge in [-0.2, -0.15) is 4.98 Å². The molecule has 0 amide bonds. The molecule has 0 aliphatic rings. The number of carboxylic acids is 1. The average molecular weight is 440 g/mol. The summed E-state index contributed by atoms with van der Waals surface area (Å²) >= 11 is 12.2. The summed E-state index contributed by atoms with van der Waals surface area (Å²) in [5.41, 5.74) is 3.35. The predicted molar refractivity (Wildman–Crippen MR) is 117 cm³/mol. The van der Waals surface area contributed by atoms with Crippen molar-refractivity contribution in [3.8, 4) is 11.8 Å². The maximum Gasteiger partial charge on any atom is 0.336 e. The van der Waals surface area contributed by atoms with Gasteiger partial charge >= 0.3 is 12.0 Å². The Kier molecular flexibility index (Phi) is 5.44. The zero-order valence-electron chi connectivity index (χ0n) is 15.7. The van der Waals surface area contributed by atoms with Crippen molar-refractivity contribution in [2.45, 2.75) is 6.92 Å². The number of H-pyrrole nitrogens is 1. The highest BCUT2D eigenvalue weighted by molar-refractivity contribution is 6.32. The van der Waals surface area contributed by atoms with E-state index in [-0.39, 0.29) is 11.6 Å². The number of halogens is 2. The van der Waals surface area contributed by atoms with E-state index in [1.807, 2.05) is 18.2 Å². The summed E-state index contributed by atoms with van der Waals surface area (Å²) in [6, 6.07) is 14.1. The van der Waals surface area contributed by atoms with Crippen LogP contribution >= 0.6 is 23.2 Å². The molecule has 0 aliphatic carbocycles. The van der Waals surface area contributed by atoms with Crippen LogP contribution in [0.1, 0.15) is 27.2 Å². The lowest BCUT2D eigenvalue weighted by Crippen LogP contribution is -2.00. The molecule has 2 aromatic carbocycles. The third-order valence-corrected chi connectivity index (χ3v) is 4.94. The Hall–Kier alpha value is -3.35. The number of carbonyl (C=O) groups is 1.